The van der Waals surface area contributed by atoms with Crippen LogP contribution in [-0.2, 0) is 6.54 Å². The highest BCUT2D eigenvalue weighted by atomic mass is 16.5. The van der Waals surface area contributed by atoms with Gasteiger partial charge < -0.3 is 13.7 Å². The largest absolute Gasteiger partial charge is 0.493 e. The van der Waals surface area contributed by atoms with E-state index in [1.54, 1.807) is 6.26 Å². The van der Waals surface area contributed by atoms with Crippen LogP contribution in [0.5, 0.6) is 5.75 Å². The van der Waals surface area contributed by atoms with Gasteiger partial charge in [-0.2, -0.15) is 0 Å². The summed E-state index contributed by atoms with van der Waals surface area (Å²) in [6.07, 6.45) is 2.57. The molecule has 0 unspecified atom stereocenters. The van der Waals surface area contributed by atoms with Gasteiger partial charge in [-0.1, -0.05) is 30.3 Å². The molecule has 2 aromatic carbocycles. The lowest BCUT2D eigenvalue weighted by molar-refractivity contribution is 0.301. The van der Waals surface area contributed by atoms with Crippen molar-refractivity contribution in [1.82, 2.24) is 9.55 Å². The number of hydrogen-bond acceptors (Lipinski definition) is 3. The number of ether oxygens (including phenoxy) is 1. The van der Waals surface area contributed by atoms with Crippen LogP contribution in [0, 0.1) is 6.92 Å². The van der Waals surface area contributed by atoms with Crippen LogP contribution in [0.2, 0.25) is 0 Å². The molecule has 0 atom stereocenters. The van der Waals surface area contributed by atoms with Gasteiger partial charge in [0.05, 0.1) is 23.9 Å². The molecule has 25 heavy (non-hydrogen) atoms. The molecule has 4 heteroatoms. The summed E-state index contributed by atoms with van der Waals surface area (Å²) in [4.78, 5) is 4.73. The number of benzene rings is 2. The molecule has 4 nitrogen and oxygen atoms in total. The Hall–Kier alpha value is -3.01. The molecular formula is C21H20N2O2. The molecule has 0 N–H and O–H groups in total. The molecule has 126 valence electrons. The second-order valence-corrected chi connectivity index (χ2v) is 6.02. The predicted molar refractivity (Wildman–Crippen MR) is 98.7 cm³/mol. The Kier molecular flexibility index (Phi) is 4.25. The van der Waals surface area contributed by atoms with E-state index in [0.29, 0.717) is 6.61 Å². The highest BCUT2D eigenvalue weighted by molar-refractivity contribution is 5.79. The summed E-state index contributed by atoms with van der Waals surface area (Å²) in [5.74, 6) is 2.60. The maximum atomic E-state index is 5.92. The second kappa shape index (κ2) is 6.85. The first-order valence-corrected chi connectivity index (χ1v) is 8.50. The van der Waals surface area contributed by atoms with Crippen LogP contribution in [0.3, 0.4) is 0 Å². The maximum Gasteiger partial charge on any atom is 0.177 e. The smallest absolute Gasteiger partial charge is 0.177 e. The minimum Gasteiger partial charge on any atom is -0.493 e. The van der Waals surface area contributed by atoms with Crippen molar-refractivity contribution in [2.45, 2.75) is 19.9 Å². The van der Waals surface area contributed by atoms with E-state index in [2.05, 4.69) is 23.6 Å². The number of furan rings is 1. The van der Waals surface area contributed by atoms with E-state index in [1.807, 2.05) is 48.5 Å². The van der Waals surface area contributed by atoms with Gasteiger partial charge in [-0.3, -0.25) is 0 Å². The van der Waals surface area contributed by atoms with Crippen LogP contribution in [-0.4, -0.2) is 16.2 Å². The Morgan fingerprint density at radius 2 is 1.84 bits per heavy atom. The van der Waals surface area contributed by atoms with Crippen LogP contribution >= 0.6 is 0 Å². The molecule has 0 amide bonds. The van der Waals surface area contributed by atoms with Gasteiger partial charge in [-0.05, 0) is 49.2 Å². The zero-order chi connectivity index (χ0) is 17.1. The molecule has 0 bridgehead atoms. The fourth-order valence-corrected chi connectivity index (χ4v) is 3.02. The van der Waals surface area contributed by atoms with Gasteiger partial charge in [0.1, 0.15) is 5.75 Å². The van der Waals surface area contributed by atoms with Crippen molar-refractivity contribution in [3.8, 4) is 17.3 Å². The lowest BCUT2D eigenvalue weighted by Crippen LogP contribution is -2.06. The minimum absolute atomic E-state index is 0.662. The quantitative estimate of drug-likeness (QED) is 0.463. The van der Waals surface area contributed by atoms with E-state index in [9.17, 15) is 0 Å². The average molecular weight is 332 g/mol. The van der Waals surface area contributed by atoms with Crippen molar-refractivity contribution in [3.63, 3.8) is 0 Å². The van der Waals surface area contributed by atoms with Crippen molar-refractivity contribution in [3.05, 3.63) is 72.5 Å². The first-order valence-electron chi connectivity index (χ1n) is 8.50. The highest BCUT2D eigenvalue weighted by Crippen LogP contribution is 2.25. The van der Waals surface area contributed by atoms with Crippen LogP contribution < -0.4 is 4.74 Å². The molecule has 0 spiro atoms. The van der Waals surface area contributed by atoms with E-state index in [0.717, 1.165) is 46.9 Å². The first kappa shape index (κ1) is 15.5. The summed E-state index contributed by atoms with van der Waals surface area (Å²) in [6, 6.07) is 20.1. The molecule has 0 saturated carbocycles. The third-order valence-corrected chi connectivity index (χ3v) is 4.27. The van der Waals surface area contributed by atoms with E-state index in [1.165, 1.54) is 0 Å². The maximum absolute atomic E-state index is 5.92. The first-order chi connectivity index (χ1) is 12.3. The fourth-order valence-electron chi connectivity index (χ4n) is 3.02. The molecule has 0 aliphatic carbocycles. The lowest BCUT2D eigenvalue weighted by atomic mass is 10.2. The summed E-state index contributed by atoms with van der Waals surface area (Å²) in [6.45, 7) is 3.55. The third-order valence-electron chi connectivity index (χ3n) is 4.27. The summed E-state index contributed by atoms with van der Waals surface area (Å²) in [7, 11) is 0. The molecule has 0 fully saturated rings. The lowest BCUT2D eigenvalue weighted by Gasteiger charge is -2.11. The molecule has 0 aliphatic rings. The normalized spacial score (nSPS) is 11.1. The van der Waals surface area contributed by atoms with Gasteiger partial charge in [0.15, 0.2) is 11.6 Å². The van der Waals surface area contributed by atoms with Crippen molar-refractivity contribution in [2.24, 2.45) is 0 Å². The Bertz CT molecular complexity index is 971. The SMILES string of the molecule is Cc1ccccc1OCCCn1c(-c2ccco2)nc2ccccc21. The molecular weight excluding hydrogens is 312 g/mol. The predicted octanol–water partition coefficient (Wildman–Crippen LogP) is 5.07. The van der Waals surface area contributed by atoms with Crippen molar-refractivity contribution >= 4 is 11.0 Å². The summed E-state index contributed by atoms with van der Waals surface area (Å²) in [5.41, 5.74) is 3.25. The van der Waals surface area contributed by atoms with E-state index in [-0.39, 0.29) is 0 Å². The molecule has 0 aliphatic heterocycles. The standard InChI is InChI=1S/C21H20N2O2/c1-16-8-2-5-11-19(16)24-15-7-13-23-18-10-4-3-9-17(18)22-21(23)20-12-6-14-25-20/h2-6,8-12,14H,7,13,15H2,1H3. The van der Waals surface area contributed by atoms with E-state index in [4.69, 9.17) is 14.1 Å². The highest BCUT2D eigenvalue weighted by Gasteiger charge is 2.14. The number of hydrogen-bond donors (Lipinski definition) is 0. The number of rotatable bonds is 6. The van der Waals surface area contributed by atoms with E-state index >= 15 is 0 Å². The van der Waals surface area contributed by atoms with Crippen molar-refractivity contribution in [2.75, 3.05) is 6.61 Å². The summed E-state index contributed by atoms with van der Waals surface area (Å²) in [5, 5.41) is 0. The second-order valence-electron chi connectivity index (χ2n) is 6.02. The minimum atomic E-state index is 0.662. The third kappa shape index (κ3) is 3.15. The zero-order valence-electron chi connectivity index (χ0n) is 14.2. The Morgan fingerprint density at radius 1 is 1.00 bits per heavy atom. The molecule has 0 radical (unpaired) electrons. The molecule has 4 aromatic rings. The molecule has 2 aromatic heterocycles. The van der Waals surface area contributed by atoms with Gasteiger partial charge in [0.2, 0.25) is 0 Å². The number of para-hydroxylation sites is 3. The Balaban J connectivity index is 1.53. The Morgan fingerprint density at radius 3 is 2.68 bits per heavy atom. The number of fused-ring (bicyclic) bond motifs is 1. The molecule has 0 saturated heterocycles. The van der Waals surface area contributed by atoms with Crippen LogP contribution in [0.15, 0.2) is 71.3 Å². The van der Waals surface area contributed by atoms with Crippen molar-refractivity contribution < 1.29 is 9.15 Å². The van der Waals surface area contributed by atoms with Crippen LogP contribution in [0.1, 0.15) is 12.0 Å². The monoisotopic (exact) mass is 332 g/mol. The fraction of sp³-hybridized carbons (Fsp3) is 0.190. The topological polar surface area (TPSA) is 40.2 Å². The number of nitrogens with zero attached hydrogens (tertiary/aromatic N) is 2. The van der Waals surface area contributed by atoms with Crippen molar-refractivity contribution in [1.29, 1.82) is 0 Å². The summed E-state index contributed by atoms with van der Waals surface area (Å²) < 4.78 is 13.7. The Labute approximate surface area is 146 Å². The van der Waals surface area contributed by atoms with E-state index < -0.39 is 0 Å². The summed E-state index contributed by atoms with van der Waals surface area (Å²) >= 11 is 0. The zero-order valence-corrected chi connectivity index (χ0v) is 14.2. The average Bonchev–Trinajstić information content (AvgIpc) is 3.28. The van der Waals surface area contributed by atoms with Crippen LogP contribution in [0.4, 0.5) is 0 Å². The van der Waals surface area contributed by atoms with Crippen LogP contribution in [0.25, 0.3) is 22.6 Å². The molecule has 2 heterocycles. The number of aromatic nitrogens is 2. The van der Waals surface area contributed by atoms with Gasteiger partial charge >= 0.3 is 0 Å². The number of aryl methyl sites for hydroxylation is 2. The molecule has 4 rings (SSSR count). The van der Waals surface area contributed by atoms with Gasteiger partial charge in [-0.25, -0.2) is 4.98 Å². The van der Waals surface area contributed by atoms with Gasteiger partial charge in [0.25, 0.3) is 0 Å². The van der Waals surface area contributed by atoms with Gasteiger partial charge in [0, 0.05) is 6.54 Å². The number of imidazole rings is 1. The van der Waals surface area contributed by atoms with Gasteiger partial charge in [-0.15, -0.1) is 0 Å².